The van der Waals surface area contributed by atoms with E-state index in [1.807, 2.05) is 0 Å². The third-order valence-electron chi connectivity index (χ3n) is 0. The maximum Gasteiger partial charge on any atom is 5.00 e. The average Bonchev–Trinajstić information content (AvgIpc) is 0. The Morgan fingerprint density at radius 1 is 0.375 bits per heavy atom. The van der Waals surface area contributed by atoms with Crippen molar-refractivity contribution in [2.45, 2.75) is 0 Å². The van der Waals surface area contributed by atoms with E-state index in [9.17, 15) is 0 Å². The maximum absolute atomic E-state index is 0. The minimum Gasteiger partial charge on any atom is -1.00 e. The Bertz CT molecular complexity index is 8.49. The summed E-state index contributed by atoms with van der Waals surface area (Å²) in [5, 5.41) is 0. The van der Waals surface area contributed by atoms with Gasteiger partial charge < -0.3 is 144 Å². The van der Waals surface area contributed by atoms with Gasteiger partial charge in [0.25, 0.3) is 0 Å². The third kappa shape index (κ3) is 38.9. The van der Waals surface area contributed by atoms with E-state index >= 15 is 0 Å². The average molecular weight is 851 g/mol. The van der Waals surface area contributed by atoms with Crippen LogP contribution in [0.5, 0.6) is 0 Å². The summed E-state index contributed by atoms with van der Waals surface area (Å²) in [4.78, 5) is 0. The van der Waals surface area contributed by atoms with Crippen LogP contribution >= 0.6 is 0 Å². The van der Waals surface area contributed by atoms with Gasteiger partial charge in [-0.05, 0) is 0 Å². The van der Waals surface area contributed by atoms with Gasteiger partial charge in [0.05, 0.1) is 0 Å². The molecule has 0 aliphatic carbocycles. The zero-order chi connectivity index (χ0) is 0. The van der Waals surface area contributed by atoms with Crippen LogP contribution in [0.15, 0.2) is 0 Å². The van der Waals surface area contributed by atoms with Gasteiger partial charge in [0.15, 0.2) is 0 Å². The number of hydrogen-bond acceptors (Lipinski definition) is 0. The summed E-state index contributed by atoms with van der Waals surface area (Å²) < 4.78 is 0. The quantitative estimate of drug-likeness (QED) is 0.168. The Labute approximate surface area is 207 Å². The molecule has 8 heteroatoms. The van der Waals surface area contributed by atoms with Crippen molar-refractivity contribution in [3.05, 3.63) is 0 Å². The summed E-state index contributed by atoms with van der Waals surface area (Å²) in [6, 6.07) is 0. The molecule has 0 saturated heterocycles. The molecule has 0 atom stereocenters. The Kier molecular flexibility index (Phi) is 384. The van der Waals surface area contributed by atoms with Gasteiger partial charge in [-0.25, -0.2) is 0 Å². The molecule has 0 aromatic heterocycles. The monoisotopic (exact) mass is 851 g/mol. The maximum atomic E-state index is 0. The molecule has 0 saturated carbocycles. The SMILES string of the molecule is [I-].[I-].[I-].[I-].[I-].[I-].[K+].[V+5]. The Morgan fingerprint density at radius 3 is 0.375 bits per heavy atom. The molecule has 0 aliphatic rings. The zero-order valence-corrected chi connectivity index (χ0v) is 21.2. The van der Waals surface area contributed by atoms with E-state index in [2.05, 4.69) is 0 Å². The largest absolute Gasteiger partial charge is 5.00 e. The van der Waals surface area contributed by atoms with E-state index in [0.29, 0.717) is 0 Å². The van der Waals surface area contributed by atoms with Gasteiger partial charge in [0.1, 0.15) is 0 Å². The summed E-state index contributed by atoms with van der Waals surface area (Å²) in [6.07, 6.45) is 0. The fourth-order valence-electron chi connectivity index (χ4n) is 0. The summed E-state index contributed by atoms with van der Waals surface area (Å²) in [7, 11) is 0. The molecule has 0 N–H and O–H groups in total. The number of halogens is 6. The van der Waals surface area contributed by atoms with E-state index in [1.54, 1.807) is 0 Å². The molecular weight excluding hydrogens is 851 g/mol. The summed E-state index contributed by atoms with van der Waals surface area (Å²) in [5.41, 5.74) is 0. The first-order chi connectivity index (χ1) is 0. The molecule has 0 nitrogen and oxygen atoms in total. The van der Waals surface area contributed by atoms with E-state index in [-0.39, 0.29) is 214 Å². The van der Waals surface area contributed by atoms with Gasteiger partial charge in [-0.1, -0.05) is 0 Å². The van der Waals surface area contributed by atoms with E-state index in [0.717, 1.165) is 0 Å². The van der Waals surface area contributed by atoms with Crippen LogP contribution < -0.4 is 195 Å². The fourth-order valence-corrected chi connectivity index (χ4v) is 0. The summed E-state index contributed by atoms with van der Waals surface area (Å²) in [5.74, 6) is 0. The second-order valence-corrected chi connectivity index (χ2v) is 0. The van der Waals surface area contributed by atoms with Crippen LogP contribution in [-0.4, -0.2) is 0 Å². The Morgan fingerprint density at radius 2 is 0.375 bits per heavy atom. The second kappa shape index (κ2) is 49.6. The van der Waals surface area contributed by atoms with Crippen LogP contribution in [-0.2, 0) is 18.6 Å². The molecule has 0 aliphatic heterocycles. The van der Waals surface area contributed by atoms with Crippen LogP contribution in [0.3, 0.4) is 0 Å². The van der Waals surface area contributed by atoms with Gasteiger partial charge in [0, 0.05) is 0 Å². The van der Waals surface area contributed by atoms with Crippen molar-refractivity contribution in [1.29, 1.82) is 0 Å². The Balaban J connectivity index is 0. The first-order valence-corrected chi connectivity index (χ1v) is 0. The molecule has 0 amide bonds. The zero-order valence-electron chi connectivity index (χ0n) is 3.72. The van der Waals surface area contributed by atoms with Crippen molar-refractivity contribution in [2.24, 2.45) is 0 Å². The van der Waals surface area contributed by atoms with Crippen LogP contribution in [0.4, 0.5) is 0 Å². The Hall–Kier alpha value is 6.60. The van der Waals surface area contributed by atoms with E-state index < -0.39 is 0 Å². The van der Waals surface area contributed by atoms with Crippen molar-refractivity contribution >= 4 is 0 Å². The molecule has 0 unspecified atom stereocenters. The van der Waals surface area contributed by atoms with E-state index in [1.165, 1.54) is 0 Å². The normalized spacial score (nSPS) is 0. The van der Waals surface area contributed by atoms with Gasteiger partial charge in [-0.15, -0.1) is 0 Å². The topological polar surface area (TPSA) is 0 Å². The molecule has 8 heavy (non-hydrogen) atoms. The standard InChI is InChI=1S/6HI.K.V/h6*1H;;/q;;;;;;+1;+5/p-6. The molecule has 0 rings (SSSR count). The molecule has 48 valence electrons. The minimum absolute atomic E-state index is 0. The van der Waals surface area contributed by atoms with Crippen molar-refractivity contribution in [3.63, 3.8) is 0 Å². The van der Waals surface area contributed by atoms with Gasteiger partial charge >= 0.3 is 69.9 Å². The van der Waals surface area contributed by atoms with Gasteiger partial charge in [-0.3, -0.25) is 0 Å². The first kappa shape index (κ1) is 62.0. The fraction of sp³-hybridized carbons (Fsp3) is 0. The summed E-state index contributed by atoms with van der Waals surface area (Å²) >= 11 is 0. The van der Waals surface area contributed by atoms with Crippen molar-refractivity contribution < 1.29 is 214 Å². The van der Waals surface area contributed by atoms with Crippen LogP contribution in [0.25, 0.3) is 0 Å². The van der Waals surface area contributed by atoms with Crippen molar-refractivity contribution in [2.75, 3.05) is 0 Å². The van der Waals surface area contributed by atoms with Gasteiger partial charge in [-0.2, -0.15) is 0 Å². The summed E-state index contributed by atoms with van der Waals surface area (Å²) in [6.45, 7) is 0. The predicted octanol–water partition coefficient (Wildman–Crippen LogP) is -21.0. The molecule has 0 heterocycles. The third-order valence-corrected chi connectivity index (χ3v) is 0. The second-order valence-electron chi connectivity index (χ2n) is 0. The molecule has 0 aromatic rings. The molecule has 0 aromatic carbocycles. The van der Waals surface area contributed by atoms with E-state index in [4.69, 9.17) is 0 Å². The molecule has 0 fully saturated rings. The molecular formula is I6KV. The smallest absolute Gasteiger partial charge is 1.00 e. The molecule has 0 bridgehead atoms. The number of rotatable bonds is 0. The minimum atomic E-state index is 0. The first-order valence-electron chi connectivity index (χ1n) is 0. The van der Waals surface area contributed by atoms with Crippen LogP contribution in [0.2, 0.25) is 0 Å². The van der Waals surface area contributed by atoms with Crippen LogP contribution in [0.1, 0.15) is 0 Å². The molecule has 0 spiro atoms. The predicted molar refractivity (Wildman–Crippen MR) is 0 cm³/mol. The molecule has 0 radical (unpaired) electrons. The van der Waals surface area contributed by atoms with Crippen LogP contribution in [0, 0.1) is 0 Å². The van der Waals surface area contributed by atoms with Crippen molar-refractivity contribution in [1.82, 2.24) is 0 Å². The number of hydrogen-bond donors (Lipinski definition) is 0. The van der Waals surface area contributed by atoms with Crippen molar-refractivity contribution in [3.8, 4) is 0 Å². The van der Waals surface area contributed by atoms with Gasteiger partial charge in [0.2, 0.25) is 0 Å².